The summed E-state index contributed by atoms with van der Waals surface area (Å²) in [5.41, 5.74) is 2.74. The van der Waals surface area contributed by atoms with Gasteiger partial charge < -0.3 is 28.0 Å². The van der Waals surface area contributed by atoms with E-state index in [4.69, 9.17) is 28.0 Å². The lowest BCUT2D eigenvalue weighted by atomic mass is 10.1. The Morgan fingerprint density at radius 1 is 0.558 bits per heavy atom. The number of hydrogen-bond acceptors (Lipinski definition) is 9. The van der Waals surface area contributed by atoms with E-state index in [-0.39, 0.29) is 11.5 Å². The Kier molecular flexibility index (Phi) is 8.11. The van der Waals surface area contributed by atoms with Gasteiger partial charge in [-0.25, -0.2) is 4.57 Å². The van der Waals surface area contributed by atoms with Gasteiger partial charge in [0.2, 0.25) is 0 Å². The van der Waals surface area contributed by atoms with Crippen LogP contribution in [0.4, 0.5) is 0 Å². The average Bonchev–Trinajstić information content (AvgIpc) is 3.25. The highest BCUT2D eigenvalue weighted by Gasteiger charge is 2.33. The summed E-state index contributed by atoms with van der Waals surface area (Å²) >= 11 is 2.98. The summed E-state index contributed by atoms with van der Waals surface area (Å²) in [6, 6.07) is 22.5. The van der Waals surface area contributed by atoms with Gasteiger partial charge in [0, 0.05) is 30.7 Å². The molecule has 0 radical (unpaired) electrons. The molecule has 0 saturated heterocycles. The van der Waals surface area contributed by atoms with Gasteiger partial charge in [-0.05, 0) is 59.7 Å². The van der Waals surface area contributed by atoms with Gasteiger partial charge in [-0.3, -0.25) is 4.89 Å². The molecule has 0 atom stereocenters. The molecule has 0 bridgehead atoms. The molecule has 11 heteroatoms. The predicted octanol–water partition coefficient (Wildman–Crippen LogP) is 8.48. The zero-order chi connectivity index (χ0) is 30.1. The fourth-order valence-electron chi connectivity index (χ4n) is 4.75. The Bertz CT molecular complexity index is 1710. The van der Waals surface area contributed by atoms with Gasteiger partial charge in [-0.15, -0.1) is 0 Å². The van der Waals surface area contributed by atoms with Gasteiger partial charge in [-0.2, -0.15) is 0 Å². The fourth-order valence-corrected chi connectivity index (χ4v) is 7.72. The monoisotopic (exact) mass is 634 g/mol. The Labute approximate surface area is 257 Å². The SMILES string of the molecule is COc1cc2c(cc1OC)C(OP(=O)(O)OC1=Cc3ccccc3Sc3cc(OC)c(OC)cc31)=Cc1ccccc1S2. The molecule has 0 fully saturated rings. The summed E-state index contributed by atoms with van der Waals surface area (Å²) in [5, 5.41) is 0. The van der Waals surface area contributed by atoms with Crippen LogP contribution < -0.4 is 18.9 Å². The fraction of sp³-hybridized carbons (Fsp3) is 0.125. The molecule has 4 aromatic carbocycles. The Hall–Kier alpha value is -3.95. The number of ether oxygens (including phenoxy) is 4. The van der Waals surface area contributed by atoms with Crippen LogP contribution in [0.3, 0.4) is 0 Å². The molecule has 4 aromatic rings. The molecule has 2 aliphatic rings. The molecule has 43 heavy (non-hydrogen) atoms. The van der Waals surface area contributed by atoms with Crippen molar-refractivity contribution in [2.75, 3.05) is 28.4 Å². The average molecular weight is 635 g/mol. The zero-order valence-corrected chi connectivity index (χ0v) is 26.2. The van der Waals surface area contributed by atoms with Gasteiger partial charge in [0.15, 0.2) is 23.0 Å². The molecule has 6 rings (SSSR count). The Balaban J connectivity index is 1.44. The smallest absolute Gasteiger partial charge is 0.493 e. The maximum atomic E-state index is 13.9. The molecule has 0 aromatic heterocycles. The minimum absolute atomic E-state index is 0.149. The number of phosphoric ester groups is 1. The lowest BCUT2D eigenvalue weighted by Gasteiger charge is -2.20. The van der Waals surface area contributed by atoms with Gasteiger partial charge >= 0.3 is 7.82 Å². The maximum Gasteiger partial charge on any atom is 0.584 e. The van der Waals surface area contributed by atoms with Crippen LogP contribution in [0, 0.1) is 0 Å². The first-order valence-corrected chi connectivity index (χ1v) is 16.2. The van der Waals surface area contributed by atoms with Gasteiger partial charge in [0.1, 0.15) is 11.5 Å². The number of phosphoric acid groups is 1. The third-order valence-electron chi connectivity index (χ3n) is 6.78. The molecule has 0 aliphatic carbocycles. The maximum absolute atomic E-state index is 13.9. The highest BCUT2D eigenvalue weighted by atomic mass is 32.2. The second-order valence-corrected chi connectivity index (χ2v) is 12.8. The van der Waals surface area contributed by atoms with Gasteiger partial charge in [0.05, 0.1) is 28.4 Å². The summed E-state index contributed by atoms with van der Waals surface area (Å²) < 4.78 is 47.8. The van der Waals surface area contributed by atoms with Crippen molar-refractivity contribution in [3.63, 3.8) is 0 Å². The number of methoxy groups -OCH3 is 4. The third kappa shape index (κ3) is 5.84. The van der Waals surface area contributed by atoms with Crippen LogP contribution >= 0.6 is 31.3 Å². The molecular formula is C32H27O8PS2. The molecule has 2 heterocycles. The summed E-state index contributed by atoms with van der Waals surface area (Å²) in [6.45, 7) is 0. The normalized spacial score (nSPS) is 13.4. The summed E-state index contributed by atoms with van der Waals surface area (Å²) in [4.78, 5) is 14.7. The second kappa shape index (κ2) is 12.0. The first-order valence-electron chi connectivity index (χ1n) is 13.0. The molecular weight excluding hydrogens is 607 g/mol. The molecule has 0 unspecified atom stereocenters. The Morgan fingerprint density at radius 2 is 0.930 bits per heavy atom. The van der Waals surface area contributed by atoms with E-state index in [9.17, 15) is 9.46 Å². The first-order chi connectivity index (χ1) is 20.8. The van der Waals surface area contributed by atoms with Crippen molar-refractivity contribution in [3.05, 3.63) is 95.1 Å². The van der Waals surface area contributed by atoms with Crippen LogP contribution in [0.5, 0.6) is 23.0 Å². The molecule has 220 valence electrons. The van der Waals surface area contributed by atoms with Crippen LogP contribution in [0.25, 0.3) is 23.7 Å². The quantitative estimate of drug-likeness (QED) is 0.190. The molecule has 1 N–H and O–H groups in total. The highest BCUT2D eigenvalue weighted by molar-refractivity contribution is 7.99. The van der Waals surface area contributed by atoms with Crippen molar-refractivity contribution in [1.82, 2.24) is 0 Å². The summed E-state index contributed by atoms with van der Waals surface area (Å²) in [7, 11) is 1.39. The second-order valence-electron chi connectivity index (χ2n) is 9.35. The minimum Gasteiger partial charge on any atom is -0.493 e. The zero-order valence-electron chi connectivity index (χ0n) is 23.7. The highest BCUT2D eigenvalue weighted by Crippen LogP contribution is 2.56. The van der Waals surface area contributed by atoms with Crippen molar-refractivity contribution in [2.45, 2.75) is 19.6 Å². The molecule has 0 spiro atoms. The number of hydrogen-bond donors (Lipinski definition) is 1. The molecule has 0 amide bonds. The van der Waals surface area contributed by atoms with Gasteiger partial charge in [-0.1, -0.05) is 59.9 Å². The minimum atomic E-state index is -4.79. The van der Waals surface area contributed by atoms with Crippen molar-refractivity contribution >= 4 is 55.0 Å². The third-order valence-corrected chi connectivity index (χ3v) is 9.93. The van der Waals surface area contributed by atoms with E-state index < -0.39 is 7.82 Å². The van der Waals surface area contributed by atoms with E-state index >= 15 is 0 Å². The van der Waals surface area contributed by atoms with Crippen LogP contribution in [-0.4, -0.2) is 33.3 Å². The van der Waals surface area contributed by atoms with Crippen molar-refractivity contribution in [2.24, 2.45) is 0 Å². The lowest BCUT2D eigenvalue weighted by molar-refractivity contribution is 0.264. The largest absolute Gasteiger partial charge is 0.584 e. The molecule has 0 saturated carbocycles. The van der Waals surface area contributed by atoms with E-state index in [1.165, 1.54) is 37.7 Å². The van der Waals surface area contributed by atoms with E-state index in [1.807, 2.05) is 60.7 Å². The Morgan fingerprint density at radius 3 is 1.33 bits per heavy atom. The van der Waals surface area contributed by atoms with E-state index in [2.05, 4.69) is 0 Å². The number of benzene rings is 4. The lowest BCUT2D eigenvalue weighted by Crippen LogP contribution is -2.00. The van der Waals surface area contributed by atoms with Crippen molar-refractivity contribution in [3.8, 4) is 23.0 Å². The number of fused-ring (bicyclic) bond motifs is 4. The predicted molar refractivity (Wildman–Crippen MR) is 168 cm³/mol. The van der Waals surface area contributed by atoms with Crippen LogP contribution in [-0.2, 0) is 13.6 Å². The van der Waals surface area contributed by atoms with Crippen LogP contribution in [0.2, 0.25) is 0 Å². The van der Waals surface area contributed by atoms with E-state index in [0.717, 1.165) is 30.7 Å². The van der Waals surface area contributed by atoms with E-state index in [0.29, 0.717) is 34.1 Å². The number of rotatable bonds is 8. The molecule has 2 aliphatic heterocycles. The first kappa shape index (κ1) is 29.1. The van der Waals surface area contributed by atoms with Crippen LogP contribution in [0.15, 0.2) is 92.4 Å². The molecule has 8 nitrogen and oxygen atoms in total. The van der Waals surface area contributed by atoms with Crippen molar-refractivity contribution in [1.29, 1.82) is 0 Å². The topological polar surface area (TPSA) is 92.7 Å². The van der Waals surface area contributed by atoms with Gasteiger partial charge in [0.25, 0.3) is 0 Å². The van der Waals surface area contributed by atoms with Crippen LogP contribution in [0.1, 0.15) is 22.3 Å². The summed E-state index contributed by atoms with van der Waals surface area (Å²) in [6.07, 6.45) is 3.45. The summed E-state index contributed by atoms with van der Waals surface area (Å²) in [5.74, 6) is 2.25. The van der Waals surface area contributed by atoms with E-state index in [1.54, 1.807) is 38.5 Å². The van der Waals surface area contributed by atoms with Crippen molar-refractivity contribution < 1.29 is 37.5 Å². The standard InChI is InChI=1S/C32H27O8PS2/c1-35-25-15-21-23(13-19-9-5-7-11-29(19)42-31(21)17-27(25)37-3)39-41(33,34)40-24-14-20-10-6-8-12-30(20)43-32-18-28(38-4)26(36-2)16-22(24)32/h5-18H,1-4H3,(H,33,34).